The predicted molar refractivity (Wildman–Crippen MR) is 45.4 cm³/mol. The minimum absolute atomic E-state index is 0.158. The molecule has 1 fully saturated rings. The molecule has 12 heavy (non-hydrogen) atoms. The molecule has 1 aliphatic carbocycles. The van der Waals surface area contributed by atoms with Crippen LogP contribution in [0.4, 0.5) is 8.78 Å². The molecule has 0 bridgehead atoms. The summed E-state index contributed by atoms with van der Waals surface area (Å²) in [7, 11) is 0. The van der Waals surface area contributed by atoms with Gasteiger partial charge in [0.25, 0.3) is 6.43 Å². The van der Waals surface area contributed by atoms with E-state index in [1.54, 1.807) is 0 Å². The lowest BCUT2D eigenvalue weighted by Crippen LogP contribution is -2.30. The zero-order valence-corrected chi connectivity index (χ0v) is 7.74. The molecule has 0 unspecified atom stereocenters. The van der Waals surface area contributed by atoms with E-state index in [4.69, 9.17) is 0 Å². The van der Waals surface area contributed by atoms with Crippen molar-refractivity contribution in [1.29, 1.82) is 0 Å². The minimum atomic E-state index is -2.21. The second-order valence-electron chi connectivity index (χ2n) is 4.04. The van der Waals surface area contributed by atoms with Gasteiger partial charge in [-0.15, -0.1) is 0 Å². The van der Waals surface area contributed by atoms with Gasteiger partial charge in [-0.1, -0.05) is 13.8 Å². The fourth-order valence-corrected chi connectivity index (χ4v) is 1.55. The SMILES string of the molecule is CC(C)C1(CNCC(F)F)CC1. The van der Waals surface area contributed by atoms with Crippen LogP contribution in [-0.4, -0.2) is 19.5 Å². The van der Waals surface area contributed by atoms with Gasteiger partial charge >= 0.3 is 0 Å². The van der Waals surface area contributed by atoms with Crippen molar-refractivity contribution in [3.05, 3.63) is 0 Å². The van der Waals surface area contributed by atoms with Gasteiger partial charge in [-0.05, 0) is 24.2 Å². The molecule has 1 saturated carbocycles. The van der Waals surface area contributed by atoms with Gasteiger partial charge < -0.3 is 5.32 Å². The first-order valence-electron chi connectivity index (χ1n) is 4.56. The summed E-state index contributed by atoms with van der Waals surface area (Å²) in [6.45, 7) is 4.93. The lowest BCUT2D eigenvalue weighted by Gasteiger charge is -2.19. The molecule has 1 nitrogen and oxygen atoms in total. The lowest BCUT2D eigenvalue weighted by molar-refractivity contribution is 0.141. The van der Waals surface area contributed by atoms with Gasteiger partial charge in [0.2, 0.25) is 0 Å². The van der Waals surface area contributed by atoms with Crippen molar-refractivity contribution in [3.63, 3.8) is 0 Å². The highest BCUT2D eigenvalue weighted by Gasteiger charge is 2.44. The summed E-state index contributed by atoms with van der Waals surface area (Å²) in [5.41, 5.74) is 0.342. The monoisotopic (exact) mass is 177 g/mol. The molecule has 0 aromatic carbocycles. The van der Waals surface area contributed by atoms with E-state index in [1.165, 1.54) is 12.8 Å². The third-order valence-corrected chi connectivity index (χ3v) is 2.89. The van der Waals surface area contributed by atoms with E-state index in [2.05, 4.69) is 19.2 Å². The molecule has 0 atom stereocenters. The van der Waals surface area contributed by atoms with E-state index < -0.39 is 6.43 Å². The first-order chi connectivity index (χ1) is 5.57. The van der Waals surface area contributed by atoms with Crippen LogP contribution in [0, 0.1) is 11.3 Å². The molecular weight excluding hydrogens is 160 g/mol. The fraction of sp³-hybridized carbons (Fsp3) is 1.00. The number of rotatable bonds is 5. The van der Waals surface area contributed by atoms with Crippen LogP contribution in [0.25, 0.3) is 0 Å². The van der Waals surface area contributed by atoms with E-state index in [0.29, 0.717) is 11.3 Å². The largest absolute Gasteiger partial charge is 0.311 e. The summed E-state index contributed by atoms with van der Waals surface area (Å²) >= 11 is 0. The molecular formula is C9H17F2N. The fourth-order valence-electron chi connectivity index (χ4n) is 1.55. The van der Waals surface area contributed by atoms with Crippen LogP contribution < -0.4 is 5.32 Å². The van der Waals surface area contributed by atoms with E-state index in [0.717, 1.165) is 6.54 Å². The van der Waals surface area contributed by atoms with Crippen molar-refractivity contribution in [2.45, 2.75) is 33.1 Å². The van der Waals surface area contributed by atoms with Crippen LogP contribution in [0.15, 0.2) is 0 Å². The maximum atomic E-state index is 11.8. The van der Waals surface area contributed by atoms with Crippen LogP contribution in [0.3, 0.4) is 0 Å². The molecule has 1 N–H and O–H groups in total. The zero-order valence-electron chi connectivity index (χ0n) is 7.74. The number of hydrogen-bond acceptors (Lipinski definition) is 1. The highest BCUT2D eigenvalue weighted by molar-refractivity contribution is 4.96. The van der Waals surface area contributed by atoms with Gasteiger partial charge in [0, 0.05) is 6.54 Å². The predicted octanol–water partition coefficient (Wildman–Crippen LogP) is 2.28. The Balaban J connectivity index is 2.14. The second-order valence-corrected chi connectivity index (χ2v) is 4.04. The Morgan fingerprint density at radius 3 is 2.25 bits per heavy atom. The highest BCUT2D eigenvalue weighted by Crippen LogP contribution is 2.51. The summed E-state index contributed by atoms with van der Waals surface area (Å²) in [6, 6.07) is 0. The van der Waals surface area contributed by atoms with Crippen LogP contribution in [0.2, 0.25) is 0 Å². The average molecular weight is 177 g/mol. The highest BCUT2D eigenvalue weighted by atomic mass is 19.3. The van der Waals surface area contributed by atoms with E-state index >= 15 is 0 Å². The molecule has 0 radical (unpaired) electrons. The van der Waals surface area contributed by atoms with E-state index in [9.17, 15) is 8.78 Å². The maximum absolute atomic E-state index is 11.8. The number of halogens is 2. The molecule has 0 aliphatic heterocycles. The molecule has 1 aliphatic rings. The van der Waals surface area contributed by atoms with Crippen LogP contribution in [0.1, 0.15) is 26.7 Å². The Kier molecular flexibility index (Phi) is 3.04. The Bertz CT molecular complexity index is 141. The first kappa shape index (κ1) is 9.90. The molecule has 0 saturated heterocycles. The van der Waals surface area contributed by atoms with Crippen molar-refractivity contribution in [2.75, 3.05) is 13.1 Å². The van der Waals surface area contributed by atoms with Gasteiger partial charge in [0.05, 0.1) is 6.54 Å². The summed E-state index contributed by atoms with van der Waals surface area (Å²) in [4.78, 5) is 0. The molecule has 0 aromatic heterocycles. The third kappa shape index (κ3) is 2.41. The van der Waals surface area contributed by atoms with Crippen LogP contribution >= 0.6 is 0 Å². The molecule has 0 heterocycles. The molecule has 0 amide bonds. The Labute approximate surface area is 72.5 Å². The normalized spacial score (nSPS) is 20.5. The molecule has 72 valence electrons. The summed E-state index contributed by atoms with van der Waals surface area (Å²) < 4.78 is 23.5. The van der Waals surface area contributed by atoms with Gasteiger partial charge in [-0.25, -0.2) is 8.78 Å². The third-order valence-electron chi connectivity index (χ3n) is 2.89. The Morgan fingerprint density at radius 1 is 1.33 bits per heavy atom. The molecule has 0 spiro atoms. The first-order valence-corrected chi connectivity index (χ1v) is 4.56. The molecule has 0 aromatic rings. The quantitative estimate of drug-likeness (QED) is 0.679. The topological polar surface area (TPSA) is 12.0 Å². The van der Waals surface area contributed by atoms with Crippen molar-refractivity contribution < 1.29 is 8.78 Å². The smallest absolute Gasteiger partial charge is 0.250 e. The van der Waals surface area contributed by atoms with Gasteiger partial charge in [-0.2, -0.15) is 0 Å². The average Bonchev–Trinajstić information content (AvgIpc) is 2.68. The Morgan fingerprint density at radius 2 is 1.92 bits per heavy atom. The molecule has 1 rings (SSSR count). The van der Waals surface area contributed by atoms with Gasteiger partial charge in [-0.3, -0.25) is 0 Å². The van der Waals surface area contributed by atoms with Crippen LogP contribution in [0.5, 0.6) is 0 Å². The van der Waals surface area contributed by atoms with Crippen molar-refractivity contribution in [2.24, 2.45) is 11.3 Å². The van der Waals surface area contributed by atoms with Gasteiger partial charge in [0.1, 0.15) is 0 Å². The van der Waals surface area contributed by atoms with Crippen molar-refractivity contribution in [3.8, 4) is 0 Å². The number of nitrogens with one attached hydrogen (secondary N) is 1. The standard InChI is InChI=1S/C9H17F2N/c1-7(2)9(3-4-9)6-12-5-8(10)11/h7-8,12H,3-6H2,1-2H3. The molecule has 3 heteroatoms. The van der Waals surface area contributed by atoms with Crippen molar-refractivity contribution in [1.82, 2.24) is 5.32 Å². The number of alkyl halides is 2. The Hall–Kier alpha value is -0.180. The van der Waals surface area contributed by atoms with Crippen LogP contribution in [-0.2, 0) is 0 Å². The van der Waals surface area contributed by atoms with E-state index in [1.807, 2.05) is 0 Å². The summed E-state index contributed by atoms with van der Waals surface area (Å²) in [6.07, 6.45) is 0.176. The van der Waals surface area contributed by atoms with Gasteiger partial charge in [0.15, 0.2) is 0 Å². The number of hydrogen-bond donors (Lipinski definition) is 1. The second kappa shape index (κ2) is 3.69. The summed E-state index contributed by atoms with van der Waals surface area (Å²) in [5, 5.41) is 2.82. The minimum Gasteiger partial charge on any atom is -0.311 e. The van der Waals surface area contributed by atoms with Crippen molar-refractivity contribution >= 4 is 0 Å². The summed E-state index contributed by atoms with van der Waals surface area (Å²) in [5.74, 6) is 0.614. The maximum Gasteiger partial charge on any atom is 0.250 e. The zero-order chi connectivity index (χ0) is 9.19. The lowest BCUT2D eigenvalue weighted by atomic mass is 9.92. The van der Waals surface area contributed by atoms with E-state index in [-0.39, 0.29) is 6.54 Å².